The van der Waals surface area contributed by atoms with E-state index < -0.39 is 0 Å². The molecule has 9 aromatic carbocycles. The summed E-state index contributed by atoms with van der Waals surface area (Å²) >= 11 is 1.92. The van der Waals surface area contributed by atoms with Gasteiger partial charge in [0.2, 0.25) is 0 Å². The zero-order valence-electron chi connectivity index (χ0n) is 31.3. The van der Waals surface area contributed by atoms with Crippen molar-refractivity contribution in [3.8, 4) is 33.4 Å². The van der Waals surface area contributed by atoms with Crippen molar-refractivity contribution in [2.24, 2.45) is 0 Å². The second-order valence-corrected chi connectivity index (χ2v) is 15.9. The standard InChI is InChI=1S/C55H37NS/c1-4-14-37(15-5-1)40-26-29-47(30-27-40)56(48-35-44(38-16-6-2-7-17-38)34-45(36-48)39-18-8-3-9-19-39)51-24-13-25-52-54(51)50-31-28-41-22-12-23-49(53(41)55(50)57-52)46-32-42-20-10-11-21-43(42)33-46/h1-32,34-36H,33H2. The topological polar surface area (TPSA) is 3.24 Å². The van der Waals surface area contributed by atoms with Crippen LogP contribution < -0.4 is 4.90 Å². The van der Waals surface area contributed by atoms with E-state index in [9.17, 15) is 0 Å². The first kappa shape index (κ1) is 33.3. The minimum Gasteiger partial charge on any atom is -0.310 e. The van der Waals surface area contributed by atoms with Gasteiger partial charge in [-0.2, -0.15) is 0 Å². The summed E-state index contributed by atoms with van der Waals surface area (Å²) in [5, 5.41) is 5.19. The minimum atomic E-state index is 0.954. The Morgan fingerprint density at radius 2 is 1.04 bits per heavy atom. The van der Waals surface area contributed by atoms with E-state index in [2.05, 4.69) is 217 Å². The van der Waals surface area contributed by atoms with Crippen molar-refractivity contribution in [3.63, 3.8) is 0 Å². The van der Waals surface area contributed by atoms with Gasteiger partial charge in [-0.25, -0.2) is 0 Å². The normalized spacial score (nSPS) is 12.2. The molecule has 2 heteroatoms. The van der Waals surface area contributed by atoms with Crippen LogP contribution >= 0.6 is 11.3 Å². The van der Waals surface area contributed by atoms with Gasteiger partial charge in [-0.15, -0.1) is 11.3 Å². The molecule has 0 unspecified atom stereocenters. The summed E-state index contributed by atoms with van der Waals surface area (Å²) in [5.74, 6) is 0. The number of hydrogen-bond acceptors (Lipinski definition) is 2. The third-order valence-electron chi connectivity index (χ3n) is 11.5. The minimum absolute atomic E-state index is 0.954. The molecule has 0 saturated carbocycles. The number of allylic oxidation sites excluding steroid dienone is 1. The van der Waals surface area contributed by atoms with Gasteiger partial charge in [-0.1, -0.05) is 170 Å². The molecule has 1 nitrogen and oxygen atoms in total. The number of thiophene rings is 1. The maximum Gasteiger partial charge on any atom is 0.0554 e. The Bertz CT molecular complexity index is 3060. The van der Waals surface area contributed by atoms with E-state index >= 15 is 0 Å². The van der Waals surface area contributed by atoms with Crippen LogP contribution in [0.1, 0.15) is 16.7 Å². The lowest BCUT2D eigenvalue weighted by Crippen LogP contribution is -2.10. The highest BCUT2D eigenvalue weighted by atomic mass is 32.1. The summed E-state index contributed by atoms with van der Waals surface area (Å²) in [4.78, 5) is 2.48. The van der Waals surface area contributed by atoms with Crippen LogP contribution in [0.4, 0.5) is 17.1 Å². The van der Waals surface area contributed by atoms with Gasteiger partial charge in [0.15, 0.2) is 0 Å². The van der Waals surface area contributed by atoms with E-state index in [-0.39, 0.29) is 0 Å². The van der Waals surface area contributed by atoms with Gasteiger partial charge in [-0.3, -0.25) is 0 Å². The average molecular weight is 744 g/mol. The number of nitrogens with zero attached hydrogens (tertiary/aromatic N) is 1. The molecule has 0 amide bonds. The number of fused-ring (bicyclic) bond motifs is 6. The lowest BCUT2D eigenvalue weighted by Gasteiger charge is -2.28. The number of benzene rings is 9. The molecule has 57 heavy (non-hydrogen) atoms. The molecule has 0 fully saturated rings. The molecule has 0 bridgehead atoms. The molecular weight excluding hydrogens is 707 g/mol. The maximum absolute atomic E-state index is 2.48. The molecule has 0 radical (unpaired) electrons. The second kappa shape index (κ2) is 13.9. The van der Waals surface area contributed by atoms with Gasteiger partial charge in [0.25, 0.3) is 0 Å². The van der Waals surface area contributed by atoms with Crippen molar-refractivity contribution in [3.05, 3.63) is 223 Å². The van der Waals surface area contributed by atoms with Crippen LogP contribution in [0, 0.1) is 0 Å². The fraction of sp³-hybridized carbons (Fsp3) is 0.0182. The summed E-state index contributed by atoms with van der Waals surface area (Å²) in [6.07, 6.45) is 3.35. The van der Waals surface area contributed by atoms with Crippen molar-refractivity contribution in [1.29, 1.82) is 0 Å². The quantitative estimate of drug-likeness (QED) is 0.157. The van der Waals surface area contributed by atoms with Crippen LogP contribution in [0.25, 0.3) is 76.0 Å². The number of anilines is 3. The van der Waals surface area contributed by atoms with Crippen LogP contribution in [0.5, 0.6) is 0 Å². The zero-order chi connectivity index (χ0) is 37.7. The smallest absolute Gasteiger partial charge is 0.0554 e. The SMILES string of the molecule is C1=C(c2cccc3ccc4c(sc5cccc(N(c6ccc(-c7ccccc7)cc6)c6cc(-c7ccccc7)cc(-c7ccccc7)c6)c54)c23)Cc2ccccc21. The van der Waals surface area contributed by atoms with Crippen LogP contribution in [0.2, 0.25) is 0 Å². The Balaban J connectivity index is 1.16. The van der Waals surface area contributed by atoms with Crippen molar-refractivity contribution < 1.29 is 0 Å². The Kier molecular flexibility index (Phi) is 8.15. The Morgan fingerprint density at radius 3 is 1.72 bits per heavy atom. The largest absolute Gasteiger partial charge is 0.310 e. The first-order valence-corrected chi connectivity index (χ1v) is 20.4. The van der Waals surface area contributed by atoms with Crippen LogP contribution in [0.3, 0.4) is 0 Å². The Hall–Kier alpha value is -7.00. The third-order valence-corrected chi connectivity index (χ3v) is 12.6. The lowest BCUT2D eigenvalue weighted by atomic mass is 9.95. The van der Waals surface area contributed by atoms with E-state index in [1.807, 2.05) is 11.3 Å². The molecule has 1 aromatic heterocycles. The van der Waals surface area contributed by atoms with Crippen molar-refractivity contribution in [2.75, 3.05) is 4.90 Å². The second-order valence-electron chi connectivity index (χ2n) is 14.9. The average Bonchev–Trinajstić information content (AvgIpc) is 3.90. The van der Waals surface area contributed by atoms with Crippen LogP contribution in [-0.4, -0.2) is 0 Å². The molecule has 268 valence electrons. The number of hydrogen-bond donors (Lipinski definition) is 0. The van der Waals surface area contributed by atoms with E-state index in [0.717, 1.165) is 17.8 Å². The first-order valence-electron chi connectivity index (χ1n) is 19.6. The van der Waals surface area contributed by atoms with Gasteiger partial charge in [0.05, 0.1) is 5.69 Å². The van der Waals surface area contributed by atoms with E-state index in [0.29, 0.717) is 0 Å². The molecule has 1 aliphatic rings. The molecule has 0 atom stereocenters. The van der Waals surface area contributed by atoms with Crippen molar-refractivity contribution in [2.45, 2.75) is 6.42 Å². The highest BCUT2D eigenvalue weighted by Gasteiger charge is 2.23. The molecular formula is C55H37NS. The third kappa shape index (κ3) is 5.94. The first-order chi connectivity index (χ1) is 28.2. The molecule has 0 N–H and O–H groups in total. The van der Waals surface area contributed by atoms with E-state index in [1.54, 1.807) is 0 Å². The summed E-state index contributed by atoms with van der Waals surface area (Å²) in [7, 11) is 0. The van der Waals surface area contributed by atoms with Crippen LogP contribution in [-0.2, 0) is 6.42 Å². The molecule has 11 rings (SSSR count). The highest BCUT2D eigenvalue weighted by Crippen LogP contribution is 2.49. The van der Waals surface area contributed by atoms with Crippen molar-refractivity contribution >= 4 is 71.0 Å². The monoisotopic (exact) mass is 743 g/mol. The number of rotatable bonds is 7. The Morgan fingerprint density at radius 1 is 0.421 bits per heavy atom. The van der Waals surface area contributed by atoms with Gasteiger partial charge in [-0.05, 0) is 110 Å². The molecule has 0 aliphatic heterocycles. The zero-order valence-corrected chi connectivity index (χ0v) is 32.1. The summed E-state index contributed by atoms with van der Waals surface area (Å²) in [5.41, 5.74) is 16.0. The van der Waals surface area contributed by atoms with Gasteiger partial charge < -0.3 is 4.90 Å². The van der Waals surface area contributed by atoms with E-state index in [4.69, 9.17) is 0 Å². The fourth-order valence-corrected chi connectivity index (χ4v) is 10.0. The molecule has 1 aliphatic carbocycles. The predicted molar refractivity (Wildman–Crippen MR) is 246 cm³/mol. The summed E-state index contributed by atoms with van der Waals surface area (Å²) in [6.45, 7) is 0. The van der Waals surface area contributed by atoms with Gasteiger partial charge in [0.1, 0.15) is 0 Å². The molecule has 0 spiro atoms. The summed E-state index contributed by atoms with van der Waals surface area (Å²) in [6, 6.07) is 75.5. The molecule has 1 heterocycles. The van der Waals surface area contributed by atoms with Crippen LogP contribution in [0.15, 0.2) is 206 Å². The predicted octanol–water partition coefficient (Wildman–Crippen LogP) is 15.8. The highest BCUT2D eigenvalue weighted by molar-refractivity contribution is 7.26. The van der Waals surface area contributed by atoms with Crippen molar-refractivity contribution in [1.82, 2.24) is 0 Å². The Labute approximate surface area is 337 Å². The van der Waals surface area contributed by atoms with Gasteiger partial charge in [0, 0.05) is 36.9 Å². The van der Waals surface area contributed by atoms with Gasteiger partial charge >= 0.3 is 0 Å². The maximum atomic E-state index is 2.48. The fourth-order valence-electron chi connectivity index (χ4n) is 8.74. The lowest BCUT2D eigenvalue weighted by molar-refractivity contribution is 1.30. The molecule has 10 aromatic rings. The summed E-state index contributed by atoms with van der Waals surface area (Å²) < 4.78 is 2.62. The van der Waals surface area contributed by atoms with E-state index in [1.165, 1.54) is 92.3 Å². The molecule has 0 saturated heterocycles.